The number of cyclic esters (lactones) is 2. The van der Waals surface area contributed by atoms with Gasteiger partial charge in [0.15, 0.2) is 0 Å². The van der Waals surface area contributed by atoms with Crippen molar-refractivity contribution in [2.45, 2.75) is 32.5 Å². The van der Waals surface area contributed by atoms with Gasteiger partial charge in [0.25, 0.3) is 0 Å². The van der Waals surface area contributed by atoms with E-state index in [4.69, 9.17) is 9.16 Å². The zero-order chi connectivity index (χ0) is 13.1. The lowest BCUT2D eigenvalue weighted by atomic mass is 9.62. The maximum atomic E-state index is 11.8. The summed E-state index contributed by atoms with van der Waals surface area (Å²) in [6, 6.07) is 0. The summed E-state index contributed by atoms with van der Waals surface area (Å²) in [5, 5.41) is 0. The minimum Gasteiger partial charge on any atom is -0.547 e. The van der Waals surface area contributed by atoms with Crippen LogP contribution in [0.5, 0.6) is 0 Å². The van der Waals surface area contributed by atoms with Crippen molar-refractivity contribution in [3.8, 4) is 0 Å². The average Bonchev–Trinajstić information content (AvgIpc) is 2.55. The molecular formula is C13H18O4Si. The molecule has 0 unspecified atom stereocenters. The number of ether oxygens (including phenoxy) is 1. The van der Waals surface area contributed by atoms with Gasteiger partial charge in [0.05, 0.1) is 17.6 Å². The molecule has 5 heteroatoms. The number of esters is 2. The molecule has 1 aliphatic heterocycles. The third-order valence-electron chi connectivity index (χ3n) is 4.01. The first-order chi connectivity index (χ1) is 8.37. The average molecular weight is 266 g/mol. The van der Waals surface area contributed by atoms with E-state index in [1.165, 1.54) is 0 Å². The summed E-state index contributed by atoms with van der Waals surface area (Å²) >= 11 is 0. The minimum absolute atomic E-state index is 0.0608. The molecule has 0 amide bonds. The smallest absolute Gasteiger partial charge is 0.318 e. The second-order valence-electron chi connectivity index (χ2n) is 6.42. The van der Waals surface area contributed by atoms with E-state index in [1.54, 1.807) is 0 Å². The summed E-state index contributed by atoms with van der Waals surface area (Å²) in [6.45, 7) is 6.39. The minimum atomic E-state index is -1.67. The third-order valence-corrected chi connectivity index (χ3v) is 4.85. The number of carbonyl (C=O) groups excluding carboxylic acids is 2. The van der Waals surface area contributed by atoms with Crippen LogP contribution in [0.25, 0.3) is 0 Å². The summed E-state index contributed by atoms with van der Waals surface area (Å²) in [5.74, 6) is -0.0698. The second-order valence-corrected chi connectivity index (χ2v) is 10.9. The molecule has 98 valence electrons. The van der Waals surface area contributed by atoms with Gasteiger partial charge < -0.3 is 9.16 Å². The number of carbonyl (C=O) groups is 2. The Kier molecular flexibility index (Phi) is 2.45. The van der Waals surface area contributed by atoms with Crippen LogP contribution in [0.1, 0.15) is 12.8 Å². The first kappa shape index (κ1) is 12.0. The van der Waals surface area contributed by atoms with Crippen molar-refractivity contribution in [1.82, 2.24) is 0 Å². The zero-order valence-electron chi connectivity index (χ0n) is 10.9. The van der Waals surface area contributed by atoms with E-state index in [-0.39, 0.29) is 35.6 Å². The molecule has 1 saturated heterocycles. The molecule has 0 aromatic rings. The third kappa shape index (κ3) is 1.72. The predicted molar refractivity (Wildman–Crippen MR) is 66.8 cm³/mol. The van der Waals surface area contributed by atoms with Gasteiger partial charge in [0, 0.05) is 5.92 Å². The first-order valence-corrected chi connectivity index (χ1v) is 9.94. The lowest BCUT2D eigenvalue weighted by Gasteiger charge is -2.42. The standard InChI is InChI=1S/C13H18O4Si/c1-18(2,3)17-9-6-7-4-5-8(9)11-10(7)12(14)16-13(11)15/h6-8,10-11H,4-5H2,1-3H3/t7-,8+,10+,11-/m0/s1. The van der Waals surface area contributed by atoms with Gasteiger partial charge in [-0.15, -0.1) is 0 Å². The van der Waals surface area contributed by atoms with Gasteiger partial charge in [-0.25, -0.2) is 0 Å². The van der Waals surface area contributed by atoms with Crippen LogP contribution in [-0.4, -0.2) is 20.3 Å². The van der Waals surface area contributed by atoms with Gasteiger partial charge in [-0.1, -0.05) is 0 Å². The Morgan fingerprint density at radius 2 is 1.83 bits per heavy atom. The van der Waals surface area contributed by atoms with Crippen molar-refractivity contribution >= 4 is 20.3 Å². The van der Waals surface area contributed by atoms with Gasteiger partial charge in [-0.2, -0.15) is 0 Å². The van der Waals surface area contributed by atoms with Crippen molar-refractivity contribution in [1.29, 1.82) is 0 Å². The van der Waals surface area contributed by atoms with E-state index in [2.05, 4.69) is 25.7 Å². The van der Waals surface area contributed by atoms with Crippen LogP contribution >= 0.6 is 0 Å². The molecule has 4 atom stereocenters. The highest BCUT2D eigenvalue weighted by atomic mass is 28.4. The van der Waals surface area contributed by atoms with Gasteiger partial charge in [0.2, 0.25) is 8.32 Å². The molecule has 0 aromatic heterocycles. The summed E-state index contributed by atoms with van der Waals surface area (Å²) in [6.07, 6.45) is 3.98. The fourth-order valence-electron chi connectivity index (χ4n) is 3.42. The molecule has 18 heavy (non-hydrogen) atoms. The summed E-state index contributed by atoms with van der Waals surface area (Å²) < 4.78 is 10.9. The Balaban J connectivity index is 1.93. The normalized spacial score (nSPS) is 38.3. The largest absolute Gasteiger partial charge is 0.547 e. The predicted octanol–water partition coefficient (Wildman–Crippen LogP) is 2.08. The summed E-state index contributed by atoms with van der Waals surface area (Å²) in [5.41, 5.74) is 0. The number of allylic oxidation sites excluding steroid dienone is 2. The number of hydrogen-bond donors (Lipinski definition) is 0. The van der Waals surface area contributed by atoms with Crippen molar-refractivity contribution < 1.29 is 18.8 Å². The van der Waals surface area contributed by atoms with Crippen molar-refractivity contribution in [3.05, 3.63) is 11.8 Å². The Hall–Kier alpha value is -1.10. The quantitative estimate of drug-likeness (QED) is 0.436. The summed E-state index contributed by atoms with van der Waals surface area (Å²) in [7, 11) is -1.67. The molecule has 4 aliphatic rings. The Labute approximate surface area is 107 Å². The lowest BCUT2D eigenvalue weighted by molar-refractivity contribution is -0.154. The van der Waals surface area contributed by atoms with Crippen LogP contribution in [0.15, 0.2) is 11.8 Å². The monoisotopic (exact) mass is 266 g/mol. The maximum Gasteiger partial charge on any atom is 0.318 e. The molecule has 3 aliphatic carbocycles. The first-order valence-electron chi connectivity index (χ1n) is 6.53. The van der Waals surface area contributed by atoms with E-state index < -0.39 is 8.32 Å². The van der Waals surface area contributed by atoms with Gasteiger partial charge in [-0.05, 0) is 44.5 Å². The molecule has 1 heterocycles. The molecule has 1 saturated carbocycles. The molecule has 2 bridgehead atoms. The number of fused-ring (bicyclic) bond motifs is 1. The van der Waals surface area contributed by atoms with E-state index in [0.717, 1.165) is 18.6 Å². The van der Waals surface area contributed by atoms with Gasteiger partial charge in [0.1, 0.15) is 0 Å². The van der Waals surface area contributed by atoms with Crippen LogP contribution < -0.4 is 0 Å². The van der Waals surface area contributed by atoms with Crippen LogP contribution in [0.2, 0.25) is 19.6 Å². The van der Waals surface area contributed by atoms with E-state index in [1.807, 2.05) is 0 Å². The van der Waals surface area contributed by atoms with Crippen molar-refractivity contribution in [3.63, 3.8) is 0 Å². The highest BCUT2D eigenvalue weighted by molar-refractivity contribution is 6.70. The molecular weight excluding hydrogens is 248 g/mol. The zero-order valence-corrected chi connectivity index (χ0v) is 11.9. The fourth-order valence-corrected chi connectivity index (χ4v) is 4.35. The molecule has 4 rings (SSSR count). The highest BCUT2D eigenvalue weighted by Gasteiger charge is 2.57. The highest BCUT2D eigenvalue weighted by Crippen LogP contribution is 2.52. The van der Waals surface area contributed by atoms with E-state index in [9.17, 15) is 9.59 Å². The molecule has 4 nitrogen and oxygen atoms in total. The molecule has 0 N–H and O–H groups in total. The SMILES string of the molecule is C[Si](C)(C)OC1=C[C@@H]2CC[C@H]1[C@@H]1C(=O)OC(=O)[C@@H]12. The number of hydrogen-bond acceptors (Lipinski definition) is 4. The molecule has 0 radical (unpaired) electrons. The second kappa shape index (κ2) is 3.70. The Morgan fingerprint density at radius 3 is 2.50 bits per heavy atom. The maximum absolute atomic E-state index is 11.8. The van der Waals surface area contributed by atoms with Crippen LogP contribution in [0.4, 0.5) is 0 Å². The molecule has 0 aromatic carbocycles. The van der Waals surface area contributed by atoms with Crippen LogP contribution in [0, 0.1) is 23.7 Å². The Bertz CT molecular complexity index is 448. The summed E-state index contributed by atoms with van der Waals surface area (Å²) in [4.78, 5) is 23.5. The van der Waals surface area contributed by atoms with Gasteiger partial charge >= 0.3 is 11.9 Å². The lowest BCUT2D eigenvalue weighted by Crippen LogP contribution is -2.43. The molecule has 2 fully saturated rings. The number of rotatable bonds is 2. The van der Waals surface area contributed by atoms with Crippen LogP contribution in [-0.2, 0) is 18.8 Å². The van der Waals surface area contributed by atoms with Crippen molar-refractivity contribution in [2.24, 2.45) is 23.7 Å². The fraction of sp³-hybridized carbons (Fsp3) is 0.692. The van der Waals surface area contributed by atoms with Gasteiger partial charge in [-0.3, -0.25) is 9.59 Å². The Morgan fingerprint density at radius 1 is 1.17 bits per heavy atom. The van der Waals surface area contributed by atoms with E-state index >= 15 is 0 Å². The van der Waals surface area contributed by atoms with Crippen LogP contribution in [0.3, 0.4) is 0 Å². The topological polar surface area (TPSA) is 52.6 Å². The van der Waals surface area contributed by atoms with E-state index in [0.29, 0.717) is 0 Å². The molecule has 0 spiro atoms. The van der Waals surface area contributed by atoms with Crippen molar-refractivity contribution in [2.75, 3.05) is 0 Å².